The van der Waals surface area contributed by atoms with Gasteiger partial charge in [0.05, 0.1) is 5.52 Å². The van der Waals surface area contributed by atoms with Crippen molar-refractivity contribution in [3.8, 4) is 0 Å². The van der Waals surface area contributed by atoms with Gasteiger partial charge in [0, 0.05) is 17.6 Å². The summed E-state index contributed by atoms with van der Waals surface area (Å²) in [5.41, 5.74) is 5.58. The number of carbonyl (C=O) groups is 1. The molecule has 0 unspecified atom stereocenters. The van der Waals surface area contributed by atoms with Crippen LogP contribution in [0.2, 0.25) is 0 Å². The van der Waals surface area contributed by atoms with Crippen LogP contribution in [0.1, 0.15) is 68.2 Å². The Morgan fingerprint density at radius 3 is 2.68 bits per heavy atom. The smallest absolute Gasteiger partial charge is 0.265 e. The first-order chi connectivity index (χ1) is 13.8. The van der Waals surface area contributed by atoms with Crippen molar-refractivity contribution in [3.63, 3.8) is 0 Å². The van der Waals surface area contributed by atoms with Crippen molar-refractivity contribution in [1.29, 1.82) is 0 Å². The molecule has 1 amide bonds. The number of aryl methyl sites for hydroxylation is 2. The fourth-order valence-electron chi connectivity index (χ4n) is 4.20. The molecule has 0 saturated carbocycles. The van der Waals surface area contributed by atoms with Gasteiger partial charge in [-0.15, -0.1) is 0 Å². The summed E-state index contributed by atoms with van der Waals surface area (Å²) in [4.78, 5) is 16.1. The molecule has 1 aromatic carbocycles. The van der Waals surface area contributed by atoms with Gasteiger partial charge >= 0.3 is 0 Å². The summed E-state index contributed by atoms with van der Waals surface area (Å²) in [6.45, 7) is 0.639. The second kappa shape index (κ2) is 10.8. The molecule has 1 aromatic heterocycles. The van der Waals surface area contributed by atoms with Gasteiger partial charge in [0.2, 0.25) is 0 Å². The normalized spacial score (nSPS) is 13.7. The third-order valence-corrected chi connectivity index (χ3v) is 5.62. The van der Waals surface area contributed by atoms with Crippen LogP contribution in [0.4, 0.5) is 0 Å². The zero-order valence-corrected chi connectivity index (χ0v) is 16.6. The number of carbonyl (C=O) groups excluding carboxylic acids is 1. The van der Waals surface area contributed by atoms with Gasteiger partial charge in [-0.25, -0.2) is 0 Å². The van der Waals surface area contributed by atoms with Crippen molar-refractivity contribution in [3.05, 3.63) is 41.1 Å². The van der Waals surface area contributed by atoms with E-state index in [9.17, 15) is 4.79 Å². The zero-order chi connectivity index (χ0) is 19.6. The van der Waals surface area contributed by atoms with Gasteiger partial charge in [0.25, 0.3) is 5.91 Å². The number of aromatic nitrogens is 1. The van der Waals surface area contributed by atoms with Crippen LogP contribution >= 0.6 is 0 Å². The molecule has 150 valence electrons. The number of nitrogens with one attached hydrogen (secondary N) is 1. The van der Waals surface area contributed by atoms with E-state index in [0.29, 0.717) is 6.54 Å². The fourth-order valence-corrected chi connectivity index (χ4v) is 4.20. The number of amides is 1. The topological polar surface area (TPSA) is 74.6 Å². The molecular weight excluding hydrogens is 350 g/mol. The van der Waals surface area contributed by atoms with Crippen molar-refractivity contribution in [2.45, 2.75) is 70.6 Å². The summed E-state index contributed by atoms with van der Waals surface area (Å²) in [5.74, 6) is -0.338. The minimum absolute atomic E-state index is 0.338. The van der Waals surface area contributed by atoms with Gasteiger partial charge in [0.1, 0.15) is 6.21 Å². The maximum absolute atomic E-state index is 11.1. The lowest BCUT2D eigenvalue weighted by Gasteiger charge is -2.21. The summed E-state index contributed by atoms with van der Waals surface area (Å²) in [7, 11) is 0. The molecule has 5 nitrogen and oxygen atoms in total. The minimum atomic E-state index is -0.338. The van der Waals surface area contributed by atoms with Crippen molar-refractivity contribution < 1.29 is 10.0 Å². The molecule has 0 aliphatic heterocycles. The number of pyridine rings is 1. The third-order valence-electron chi connectivity index (χ3n) is 5.62. The molecule has 2 aromatic rings. The van der Waals surface area contributed by atoms with Crippen LogP contribution in [0.25, 0.3) is 10.9 Å². The highest BCUT2D eigenvalue weighted by atomic mass is 16.4. The van der Waals surface area contributed by atoms with E-state index in [1.807, 2.05) is 0 Å². The van der Waals surface area contributed by atoms with Crippen LogP contribution in [0.3, 0.4) is 0 Å². The lowest BCUT2D eigenvalue weighted by molar-refractivity contribution is -0.114. The average Bonchev–Trinajstić information content (AvgIpc) is 2.72. The van der Waals surface area contributed by atoms with E-state index < -0.39 is 0 Å². The molecule has 1 aliphatic rings. The number of unbranched alkanes of at least 4 members (excludes halogenated alkanes) is 5. The van der Waals surface area contributed by atoms with E-state index in [0.717, 1.165) is 37.4 Å². The van der Waals surface area contributed by atoms with E-state index in [2.05, 4.69) is 34.7 Å². The molecule has 0 spiro atoms. The van der Waals surface area contributed by atoms with E-state index in [1.54, 1.807) is 5.56 Å². The van der Waals surface area contributed by atoms with Crippen molar-refractivity contribution in [1.82, 2.24) is 10.3 Å². The van der Waals surface area contributed by atoms with E-state index in [4.69, 9.17) is 10.2 Å². The van der Waals surface area contributed by atoms with Crippen LogP contribution in [-0.2, 0) is 24.1 Å². The second-order valence-electron chi connectivity index (χ2n) is 7.65. The molecule has 28 heavy (non-hydrogen) atoms. The minimum Gasteiger partial charge on any atom is -0.411 e. The largest absolute Gasteiger partial charge is 0.411 e. The van der Waals surface area contributed by atoms with Crippen molar-refractivity contribution >= 4 is 23.0 Å². The third kappa shape index (κ3) is 5.54. The van der Waals surface area contributed by atoms with Crippen molar-refractivity contribution in [2.24, 2.45) is 5.16 Å². The molecular formula is C23H31N3O2. The molecule has 1 heterocycles. The quantitative estimate of drug-likeness (QED) is 0.274. The SMILES string of the molecule is O=C(/C=N/O)NCCCCCCCCc1c2c(nc3ccccc13)CCCC2. The lowest BCUT2D eigenvalue weighted by atomic mass is 9.87. The highest BCUT2D eigenvalue weighted by Crippen LogP contribution is 2.30. The number of rotatable bonds is 10. The van der Waals surface area contributed by atoms with Gasteiger partial charge in [-0.1, -0.05) is 49.0 Å². The Hall–Kier alpha value is -2.43. The summed E-state index contributed by atoms with van der Waals surface area (Å²) < 4.78 is 0. The first-order valence-corrected chi connectivity index (χ1v) is 10.6. The molecule has 0 saturated heterocycles. The monoisotopic (exact) mass is 381 g/mol. The Kier molecular flexibility index (Phi) is 7.82. The molecule has 1 aliphatic carbocycles. The van der Waals surface area contributed by atoms with Crippen LogP contribution in [0.5, 0.6) is 0 Å². The zero-order valence-electron chi connectivity index (χ0n) is 16.6. The van der Waals surface area contributed by atoms with Crippen molar-refractivity contribution in [2.75, 3.05) is 6.54 Å². The Balaban J connectivity index is 1.43. The molecule has 0 radical (unpaired) electrons. The lowest BCUT2D eigenvalue weighted by Crippen LogP contribution is -2.25. The first-order valence-electron chi connectivity index (χ1n) is 10.6. The van der Waals surface area contributed by atoms with E-state index in [1.165, 1.54) is 61.6 Å². The predicted molar refractivity (Wildman–Crippen MR) is 113 cm³/mol. The Morgan fingerprint density at radius 1 is 1.07 bits per heavy atom. The van der Waals surface area contributed by atoms with Gasteiger partial charge in [-0.05, 0) is 62.1 Å². The maximum atomic E-state index is 11.1. The summed E-state index contributed by atoms with van der Waals surface area (Å²) in [5, 5.41) is 15.0. The van der Waals surface area contributed by atoms with E-state index >= 15 is 0 Å². The standard InChI is InChI=1S/C23H31N3O2/c27-23(17-25-28)24-16-10-4-2-1-3-5-11-18-19-12-6-8-14-21(19)26-22-15-9-7-13-20(18)22/h6,8,12,14,17,28H,1-5,7,9-11,13,15-16H2,(H,24,27)/b25-17+. The molecule has 3 rings (SSSR count). The molecule has 2 N–H and O–H groups in total. The van der Waals surface area contributed by atoms with Crippen LogP contribution in [0, 0.1) is 0 Å². The molecule has 5 heteroatoms. The maximum Gasteiger partial charge on any atom is 0.265 e. The second-order valence-corrected chi connectivity index (χ2v) is 7.65. The Labute approximate surface area is 167 Å². The number of hydrogen-bond acceptors (Lipinski definition) is 4. The number of hydrogen-bond donors (Lipinski definition) is 2. The predicted octanol–water partition coefficient (Wildman–Crippen LogP) is 4.57. The highest BCUT2D eigenvalue weighted by Gasteiger charge is 2.17. The fraction of sp³-hybridized carbons (Fsp3) is 0.522. The van der Waals surface area contributed by atoms with Crippen LogP contribution in [-0.4, -0.2) is 28.9 Å². The van der Waals surface area contributed by atoms with Crippen LogP contribution in [0.15, 0.2) is 29.4 Å². The van der Waals surface area contributed by atoms with Gasteiger partial charge in [-0.2, -0.15) is 0 Å². The Morgan fingerprint density at radius 2 is 1.82 bits per heavy atom. The summed E-state index contributed by atoms with van der Waals surface area (Å²) in [6, 6.07) is 8.61. The van der Waals surface area contributed by atoms with Gasteiger partial charge in [0.15, 0.2) is 0 Å². The molecule has 0 fully saturated rings. The average molecular weight is 382 g/mol. The Bertz CT molecular complexity index is 817. The van der Waals surface area contributed by atoms with E-state index in [-0.39, 0.29) is 5.91 Å². The molecule has 0 bridgehead atoms. The summed E-state index contributed by atoms with van der Waals surface area (Å²) >= 11 is 0. The number of oxime groups is 1. The van der Waals surface area contributed by atoms with Gasteiger partial charge < -0.3 is 10.5 Å². The number of fused-ring (bicyclic) bond motifs is 2. The number of nitrogens with zero attached hydrogens (tertiary/aromatic N) is 2. The molecule has 0 atom stereocenters. The first kappa shape index (κ1) is 20.3. The number of para-hydroxylation sites is 1. The van der Waals surface area contributed by atoms with Crippen LogP contribution < -0.4 is 5.32 Å². The highest BCUT2D eigenvalue weighted by molar-refractivity contribution is 6.25. The number of benzene rings is 1. The summed E-state index contributed by atoms with van der Waals surface area (Å²) in [6.07, 6.45) is 13.9. The van der Waals surface area contributed by atoms with Gasteiger partial charge in [-0.3, -0.25) is 9.78 Å².